The molecule has 19 heavy (non-hydrogen) atoms. The van der Waals surface area contributed by atoms with E-state index in [1.54, 1.807) is 0 Å². The van der Waals surface area contributed by atoms with Gasteiger partial charge in [-0.05, 0) is 31.6 Å². The summed E-state index contributed by atoms with van der Waals surface area (Å²) >= 11 is 0. The first-order chi connectivity index (χ1) is 9.12. The summed E-state index contributed by atoms with van der Waals surface area (Å²) in [5.41, 5.74) is -0.731. The van der Waals surface area contributed by atoms with Crippen molar-refractivity contribution >= 4 is 12.0 Å². The van der Waals surface area contributed by atoms with Gasteiger partial charge in [0.2, 0.25) is 0 Å². The highest BCUT2D eigenvalue weighted by Gasteiger charge is 2.41. The van der Waals surface area contributed by atoms with Crippen LogP contribution in [0.3, 0.4) is 0 Å². The van der Waals surface area contributed by atoms with Crippen molar-refractivity contribution in [2.75, 3.05) is 13.1 Å². The van der Waals surface area contributed by atoms with Gasteiger partial charge >= 0.3 is 12.0 Å². The number of carboxylic acids is 1. The van der Waals surface area contributed by atoms with Crippen LogP contribution in [0.2, 0.25) is 0 Å². The Morgan fingerprint density at radius 2 is 1.84 bits per heavy atom. The fourth-order valence-corrected chi connectivity index (χ4v) is 2.83. The van der Waals surface area contributed by atoms with Crippen LogP contribution in [0.5, 0.6) is 0 Å². The highest BCUT2D eigenvalue weighted by molar-refractivity contribution is 5.78. The van der Waals surface area contributed by atoms with Gasteiger partial charge in [-0.2, -0.15) is 0 Å². The van der Waals surface area contributed by atoms with Crippen LogP contribution in [0.4, 0.5) is 4.79 Å². The first-order valence-corrected chi connectivity index (χ1v) is 7.37. The van der Waals surface area contributed by atoms with Gasteiger partial charge in [0.15, 0.2) is 0 Å². The maximum Gasteiger partial charge on any atom is 0.314 e. The predicted octanol–water partition coefficient (Wildman–Crippen LogP) is 2.12. The van der Waals surface area contributed by atoms with Crippen LogP contribution in [-0.2, 0) is 4.79 Å². The molecular formula is C14H24N2O3. The van der Waals surface area contributed by atoms with Gasteiger partial charge < -0.3 is 15.7 Å². The molecule has 5 nitrogen and oxygen atoms in total. The first-order valence-electron chi connectivity index (χ1n) is 7.37. The summed E-state index contributed by atoms with van der Waals surface area (Å²) in [5, 5.41) is 14.8. The van der Waals surface area contributed by atoms with E-state index in [9.17, 15) is 14.7 Å². The van der Waals surface area contributed by atoms with Gasteiger partial charge in [0, 0.05) is 13.1 Å². The summed E-state index contributed by atoms with van der Waals surface area (Å²) in [4.78, 5) is 22.9. The van der Waals surface area contributed by atoms with Crippen LogP contribution in [0.15, 0.2) is 0 Å². The minimum atomic E-state index is -0.779. The lowest BCUT2D eigenvalue weighted by molar-refractivity contribution is -0.148. The molecule has 0 aromatic heterocycles. The summed E-state index contributed by atoms with van der Waals surface area (Å²) in [6.45, 7) is 0.930. The number of amides is 2. The van der Waals surface area contributed by atoms with Crippen LogP contribution in [0.1, 0.15) is 51.4 Å². The summed E-state index contributed by atoms with van der Waals surface area (Å²) in [6, 6.07) is -0.233. The van der Waals surface area contributed by atoms with E-state index in [0.717, 1.165) is 25.2 Å². The zero-order valence-corrected chi connectivity index (χ0v) is 11.4. The van der Waals surface area contributed by atoms with Crippen molar-refractivity contribution in [3.05, 3.63) is 0 Å². The van der Waals surface area contributed by atoms with Gasteiger partial charge in [0.1, 0.15) is 0 Å². The van der Waals surface area contributed by atoms with E-state index in [4.69, 9.17) is 0 Å². The second kappa shape index (κ2) is 6.26. The Morgan fingerprint density at radius 3 is 2.42 bits per heavy atom. The number of nitrogens with one attached hydrogen (secondary N) is 2. The van der Waals surface area contributed by atoms with Crippen molar-refractivity contribution in [2.24, 2.45) is 11.3 Å². The minimum absolute atomic E-state index is 0.233. The molecule has 0 aromatic carbocycles. The van der Waals surface area contributed by atoms with Crippen molar-refractivity contribution in [2.45, 2.75) is 51.4 Å². The second-order valence-electron chi connectivity index (χ2n) is 5.99. The largest absolute Gasteiger partial charge is 0.481 e. The first kappa shape index (κ1) is 14.2. The number of carbonyl (C=O) groups excluding carboxylic acids is 1. The maximum atomic E-state index is 11.6. The Hall–Kier alpha value is -1.26. The molecule has 2 rings (SSSR count). The number of carboxylic acid groups (broad SMARTS) is 1. The minimum Gasteiger partial charge on any atom is -0.481 e. The number of hydrogen-bond donors (Lipinski definition) is 3. The van der Waals surface area contributed by atoms with E-state index in [1.165, 1.54) is 19.3 Å². The Labute approximate surface area is 114 Å². The third kappa shape index (κ3) is 4.11. The molecule has 0 atom stereocenters. The maximum absolute atomic E-state index is 11.6. The van der Waals surface area contributed by atoms with E-state index < -0.39 is 11.4 Å². The molecule has 0 heterocycles. The summed E-state index contributed by atoms with van der Waals surface area (Å²) < 4.78 is 0. The number of carbonyl (C=O) groups is 2. The van der Waals surface area contributed by atoms with Gasteiger partial charge in [0.05, 0.1) is 5.41 Å². The third-order valence-electron chi connectivity index (χ3n) is 4.37. The molecule has 0 saturated heterocycles. The van der Waals surface area contributed by atoms with Crippen molar-refractivity contribution < 1.29 is 14.7 Å². The SMILES string of the molecule is O=C(NCCCC1CC1)NCC1(C(=O)O)CCCC1. The third-order valence-corrected chi connectivity index (χ3v) is 4.37. The summed E-state index contributed by atoms with van der Waals surface area (Å²) in [6.07, 6.45) is 8.12. The Kier molecular flexibility index (Phi) is 4.66. The molecule has 3 N–H and O–H groups in total. The van der Waals surface area contributed by atoms with Crippen molar-refractivity contribution in [3.8, 4) is 0 Å². The Balaban J connectivity index is 1.62. The highest BCUT2D eigenvalue weighted by atomic mass is 16.4. The lowest BCUT2D eigenvalue weighted by Crippen LogP contribution is -2.45. The predicted molar refractivity (Wildman–Crippen MR) is 71.9 cm³/mol. The Morgan fingerprint density at radius 1 is 1.16 bits per heavy atom. The second-order valence-corrected chi connectivity index (χ2v) is 5.99. The number of hydrogen-bond acceptors (Lipinski definition) is 2. The molecule has 0 bridgehead atoms. The monoisotopic (exact) mass is 268 g/mol. The average Bonchev–Trinajstić information content (AvgIpc) is 3.08. The average molecular weight is 268 g/mol. The number of aliphatic carboxylic acids is 1. The van der Waals surface area contributed by atoms with Gasteiger partial charge in [-0.25, -0.2) is 4.79 Å². The molecule has 0 radical (unpaired) electrons. The summed E-state index contributed by atoms with van der Waals surface area (Å²) in [7, 11) is 0. The topological polar surface area (TPSA) is 78.4 Å². The van der Waals surface area contributed by atoms with Crippen molar-refractivity contribution in [1.82, 2.24) is 10.6 Å². The van der Waals surface area contributed by atoms with E-state index in [-0.39, 0.29) is 12.6 Å². The van der Waals surface area contributed by atoms with Crippen LogP contribution >= 0.6 is 0 Å². The molecule has 2 amide bonds. The van der Waals surface area contributed by atoms with Crippen LogP contribution in [-0.4, -0.2) is 30.2 Å². The molecule has 5 heteroatoms. The van der Waals surface area contributed by atoms with Crippen LogP contribution in [0.25, 0.3) is 0 Å². The molecular weight excluding hydrogens is 244 g/mol. The smallest absolute Gasteiger partial charge is 0.314 e. The Bertz CT molecular complexity index is 334. The molecule has 2 aliphatic carbocycles. The fraction of sp³-hybridized carbons (Fsp3) is 0.857. The standard InChI is InChI=1S/C14H24N2O3/c17-12(18)14(7-1-2-8-14)10-16-13(19)15-9-3-4-11-5-6-11/h11H,1-10H2,(H,17,18)(H2,15,16,19). The molecule has 0 aromatic rings. The molecule has 108 valence electrons. The van der Waals surface area contributed by atoms with Gasteiger partial charge in [-0.15, -0.1) is 0 Å². The molecule has 0 unspecified atom stereocenters. The lowest BCUT2D eigenvalue weighted by atomic mass is 9.86. The van der Waals surface area contributed by atoms with Gasteiger partial charge in [-0.3, -0.25) is 4.79 Å². The lowest BCUT2D eigenvalue weighted by Gasteiger charge is -2.24. The normalized spacial score (nSPS) is 21.1. The number of urea groups is 1. The molecule has 2 saturated carbocycles. The quantitative estimate of drug-likeness (QED) is 0.619. The highest BCUT2D eigenvalue weighted by Crippen LogP contribution is 2.37. The number of rotatable bonds is 7. The summed E-state index contributed by atoms with van der Waals surface area (Å²) in [5.74, 6) is 0.109. The van der Waals surface area contributed by atoms with Crippen LogP contribution in [0, 0.1) is 11.3 Å². The van der Waals surface area contributed by atoms with Gasteiger partial charge in [-0.1, -0.05) is 25.7 Å². The van der Waals surface area contributed by atoms with E-state index >= 15 is 0 Å². The zero-order chi connectivity index (χ0) is 13.7. The molecule has 0 spiro atoms. The molecule has 0 aliphatic heterocycles. The molecule has 2 aliphatic rings. The van der Waals surface area contributed by atoms with Crippen molar-refractivity contribution in [1.29, 1.82) is 0 Å². The molecule has 2 fully saturated rings. The van der Waals surface area contributed by atoms with Crippen molar-refractivity contribution in [3.63, 3.8) is 0 Å². The van der Waals surface area contributed by atoms with E-state index in [0.29, 0.717) is 19.4 Å². The van der Waals surface area contributed by atoms with Crippen LogP contribution < -0.4 is 10.6 Å². The fourth-order valence-electron chi connectivity index (χ4n) is 2.83. The van der Waals surface area contributed by atoms with E-state index in [2.05, 4.69) is 10.6 Å². The van der Waals surface area contributed by atoms with Gasteiger partial charge in [0.25, 0.3) is 0 Å². The zero-order valence-electron chi connectivity index (χ0n) is 11.4. The van der Waals surface area contributed by atoms with E-state index in [1.807, 2.05) is 0 Å².